The van der Waals surface area contributed by atoms with Gasteiger partial charge in [-0.2, -0.15) is 25.3 Å². The molecule has 4 heteroatoms. The van der Waals surface area contributed by atoms with E-state index in [9.17, 15) is 10.2 Å². The number of hydrogen-bond donors (Lipinski definition) is 4. The predicted molar refractivity (Wildman–Crippen MR) is 72.0 cm³/mol. The van der Waals surface area contributed by atoms with Crippen molar-refractivity contribution in [3.05, 3.63) is 0 Å². The molecule has 0 radical (unpaired) electrons. The van der Waals surface area contributed by atoms with E-state index in [4.69, 9.17) is 0 Å². The van der Waals surface area contributed by atoms with Gasteiger partial charge < -0.3 is 10.2 Å². The molecule has 92 valence electrons. The molecule has 3 unspecified atom stereocenters. The van der Waals surface area contributed by atoms with Gasteiger partial charge in [-0.3, -0.25) is 0 Å². The van der Waals surface area contributed by atoms with Crippen LogP contribution < -0.4 is 0 Å². The maximum atomic E-state index is 9.68. The smallest absolute Gasteiger partial charge is 0.0551 e. The molecule has 0 aromatic carbocycles. The summed E-state index contributed by atoms with van der Waals surface area (Å²) in [5.74, 6) is 0.697. The second-order valence-electron chi connectivity index (χ2n) is 4.08. The normalized spacial score (nSPS) is 17.4. The van der Waals surface area contributed by atoms with Gasteiger partial charge in [0.15, 0.2) is 0 Å². The van der Waals surface area contributed by atoms with E-state index in [1.54, 1.807) is 0 Å². The van der Waals surface area contributed by atoms with Crippen molar-refractivity contribution in [3.63, 3.8) is 0 Å². The Kier molecular flexibility index (Phi) is 10.2. The quantitative estimate of drug-likeness (QED) is 0.476. The molecule has 2 N–H and O–H groups in total. The number of aliphatic hydroxyl groups is 2. The molecular weight excluding hydrogens is 228 g/mol. The van der Waals surface area contributed by atoms with Crippen LogP contribution in [0.3, 0.4) is 0 Å². The SMILES string of the molecule is CCCC(S)CC(O)CCC(O)CCS. The van der Waals surface area contributed by atoms with Gasteiger partial charge in [-0.05, 0) is 37.9 Å². The predicted octanol–water partition coefficient (Wildman–Crippen LogP) is 2.30. The Bertz CT molecular complexity index is 145. The molecule has 3 atom stereocenters. The second-order valence-corrected chi connectivity index (χ2v) is 5.25. The van der Waals surface area contributed by atoms with Crippen LogP contribution in [0.2, 0.25) is 0 Å². The zero-order valence-corrected chi connectivity index (χ0v) is 11.3. The molecule has 15 heavy (non-hydrogen) atoms. The lowest BCUT2D eigenvalue weighted by Gasteiger charge is -2.16. The maximum Gasteiger partial charge on any atom is 0.0551 e. The number of hydrogen-bond acceptors (Lipinski definition) is 4. The van der Waals surface area contributed by atoms with Crippen LogP contribution in [0.5, 0.6) is 0 Å². The standard InChI is InChI=1S/C11H24O2S2/c1-2-3-11(15)8-10(13)5-4-9(12)6-7-14/h9-15H,2-8H2,1H3. The van der Waals surface area contributed by atoms with E-state index in [0.717, 1.165) is 19.3 Å². The Morgan fingerprint density at radius 3 is 2.13 bits per heavy atom. The van der Waals surface area contributed by atoms with E-state index in [-0.39, 0.29) is 17.5 Å². The van der Waals surface area contributed by atoms with Crippen LogP contribution in [0.4, 0.5) is 0 Å². The first-order valence-electron chi connectivity index (χ1n) is 5.75. The lowest BCUT2D eigenvalue weighted by Crippen LogP contribution is -2.17. The summed E-state index contributed by atoms with van der Waals surface area (Å²) < 4.78 is 0. The molecule has 0 heterocycles. The van der Waals surface area contributed by atoms with E-state index < -0.39 is 0 Å². The highest BCUT2D eigenvalue weighted by Gasteiger charge is 2.12. The third-order valence-corrected chi connectivity index (χ3v) is 3.19. The van der Waals surface area contributed by atoms with E-state index >= 15 is 0 Å². The fourth-order valence-corrected chi connectivity index (χ4v) is 2.36. The minimum Gasteiger partial charge on any atom is -0.393 e. The Balaban J connectivity index is 3.51. The summed E-state index contributed by atoms with van der Waals surface area (Å²) in [6.45, 7) is 2.12. The van der Waals surface area contributed by atoms with Gasteiger partial charge in [0.25, 0.3) is 0 Å². The minimum atomic E-state index is -0.325. The molecule has 0 rings (SSSR count). The van der Waals surface area contributed by atoms with Crippen molar-refractivity contribution in [2.24, 2.45) is 0 Å². The van der Waals surface area contributed by atoms with Crippen molar-refractivity contribution in [3.8, 4) is 0 Å². The zero-order chi connectivity index (χ0) is 11.7. The van der Waals surface area contributed by atoms with Gasteiger partial charge in [-0.25, -0.2) is 0 Å². The van der Waals surface area contributed by atoms with Crippen LogP contribution in [-0.2, 0) is 0 Å². The fourth-order valence-electron chi connectivity index (χ4n) is 1.56. The summed E-state index contributed by atoms with van der Waals surface area (Å²) in [4.78, 5) is 0. The van der Waals surface area contributed by atoms with Gasteiger partial charge >= 0.3 is 0 Å². The van der Waals surface area contributed by atoms with Crippen LogP contribution in [0, 0.1) is 0 Å². The van der Waals surface area contributed by atoms with Gasteiger partial charge in [0.1, 0.15) is 0 Å². The third kappa shape index (κ3) is 9.54. The fraction of sp³-hybridized carbons (Fsp3) is 1.00. The van der Waals surface area contributed by atoms with Crippen molar-refractivity contribution >= 4 is 25.3 Å². The zero-order valence-electron chi connectivity index (χ0n) is 9.47. The van der Waals surface area contributed by atoms with Crippen molar-refractivity contribution < 1.29 is 10.2 Å². The molecule has 0 saturated carbocycles. The van der Waals surface area contributed by atoms with Crippen molar-refractivity contribution in [2.75, 3.05) is 5.75 Å². The maximum absolute atomic E-state index is 9.68. The van der Waals surface area contributed by atoms with Gasteiger partial charge in [-0.15, -0.1) is 0 Å². The van der Waals surface area contributed by atoms with E-state index in [0.29, 0.717) is 25.0 Å². The first-order chi connectivity index (χ1) is 7.10. The molecule has 0 aliphatic rings. The van der Waals surface area contributed by atoms with Gasteiger partial charge in [-0.1, -0.05) is 13.3 Å². The Morgan fingerprint density at radius 2 is 1.60 bits per heavy atom. The Hall–Kier alpha value is 0.620. The van der Waals surface area contributed by atoms with Crippen LogP contribution >= 0.6 is 25.3 Å². The molecular formula is C11H24O2S2. The molecule has 0 aromatic rings. The summed E-state index contributed by atoms with van der Waals surface area (Å²) >= 11 is 8.45. The highest BCUT2D eigenvalue weighted by molar-refractivity contribution is 7.81. The first-order valence-corrected chi connectivity index (χ1v) is 6.90. The molecule has 2 nitrogen and oxygen atoms in total. The summed E-state index contributed by atoms with van der Waals surface area (Å²) in [6, 6.07) is 0. The number of rotatable bonds is 9. The van der Waals surface area contributed by atoms with Gasteiger partial charge in [0.2, 0.25) is 0 Å². The van der Waals surface area contributed by atoms with Gasteiger partial charge in [0, 0.05) is 5.25 Å². The van der Waals surface area contributed by atoms with Crippen molar-refractivity contribution in [1.29, 1.82) is 0 Å². The molecule has 0 spiro atoms. The molecule has 0 bridgehead atoms. The van der Waals surface area contributed by atoms with E-state index in [1.807, 2.05) is 0 Å². The number of thiol groups is 2. The van der Waals surface area contributed by atoms with Crippen LogP contribution in [-0.4, -0.2) is 33.4 Å². The lowest BCUT2D eigenvalue weighted by molar-refractivity contribution is 0.107. The van der Waals surface area contributed by atoms with Gasteiger partial charge in [0.05, 0.1) is 12.2 Å². The van der Waals surface area contributed by atoms with Crippen molar-refractivity contribution in [1.82, 2.24) is 0 Å². The second kappa shape index (κ2) is 9.82. The van der Waals surface area contributed by atoms with Crippen molar-refractivity contribution in [2.45, 2.75) is 62.9 Å². The summed E-state index contributed by atoms with van der Waals surface area (Å²) in [5, 5.41) is 19.4. The highest BCUT2D eigenvalue weighted by atomic mass is 32.1. The molecule has 0 aliphatic heterocycles. The average Bonchev–Trinajstić information content (AvgIpc) is 2.15. The van der Waals surface area contributed by atoms with Crippen LogP contribution in [0.15, 0.2) is 0 Å². The Morgan fingerprint density at radius 1 is 1.00 bits per heavy atom. The molecule has 0 fully saturated rings. The van der Waals surface area contributed by atoms with Crippen LogP contribution in [0.1, 0.15) is 45.4 Å². The number of aliphatic hydroxyl groups excluding tert-OH is 2. The topological polar surface area (TPSA) is 40.5 Å². The third-order valence-electron chi connectivity index (χ3n) is 2.46. The minimum absolute atomic E-state index is 0.284. The molecule has 0 aliphatic carbocycles. The molecule has 0 saturated heterocycles. The largest absolute Gasteiger partial charge is 0.393 e. The molecule has 0 amide bonds. The lowest BCUT2D eigenvalue weighted by atomic mass is 10.0. The average molecular weight is 252 g/mol. The summed E-state index contributed by atoms with van der Waals surface area (Å²) in [6.07, 6.45) is 4.25. The monoisotopic (exact) mass is 252 g/mol. The van der Waals surface area contributed by atoms with E-state index in [2.05, 4.69) is 32.2 Å². The first kappa shape index (κ1) is 15.6. The summed E-state index contributed by atoms with van der Waals surface area (Å²) in [7, 11) is 0. The molecule has 0 aromatic heterocycles. The van der Waals surface area contributed by atoms with Crippen LogP contribution in [0.25, 0.3) is 0 Å². The Labute approximate surface area is 104 Å². The highest BCUT2D eigenvalue weighted by Crippen LogP contribution is 2.15. The van der Waals surface area contributed by atoms with E-state index in [1.165, 1.54) is 0 Å². The summed E-state index contributed by atoms with van der Waals surface area (Å²) in [5.41, 5.74) is 0.